The lowest BCUT2D eigenvalue weighted by Gasteiger charge is -2.13. The van der Waals surface area contributed by atoms with Gasteiger partial charge in [-0.05, 0) is 31.5 Å². The number of esters is 1. The van der Waals surface area contributed by atoms with E-state index in [-0.39, 0.29) is 12.3 Å². The number of hydrogen-bond acceptors (Lipinski definition) is 5. The Morgan fingerprint density at radius 2 is 1.88 bits per heavy atom. The molecule has 0 aliphatic rings. The van der Waals surface area contributed by atoms with Gasteiger partial charge in [-0.1, -0.05) is 47.1 Å². The van der Waals surface area contributed by atoms with Crippen LogP contribution in [0, 0.1) is 6.92 Å². The molecule has 0 spiro atoms. The Labute approximate surface area is 151 Å². The number of ether oxygens (including phenoxy) is 1. The number of nitrogens with one attached hydrogen (secondary N) is 1. The Morgan fingerprint density at radius 1 is 1.15 bits per heavy atom. The maximum atomic E-state index is 12.1. The van der Waals surface area contributed by atoms with E-state index < -0.39 is 12.1 Å². The highest BCUT2D eigenvalue weighted by atomic mass is 16.5. The standard InChI is InChI=1S/C20H20N2O4/c1-13-7-9-15(10-8-13)12-21-20(24)14(2)25-19(23)11-17-16-5-3-4-6-18(16)26-22-17/h3-10,14H,11-12H2,1-2H3,(H,21,24)/t14-/m0/s1. The summed E-state index contributed by atoms with van der Waals surface area (Å²) in [5, 5.41) is 7.42. The molecule has 0 aliphatic carbocycles. The molecule has 134 valence electrons. The van der Waals surface area contributed by atoms with Gasteiger partial charge >= 0.3 is 5.97 Å². The SMILES string of the molecule is Cc1ccc(CNC(=O)[C@H](C)OC(=O)Cc2noc3ccccc23)cc1. The maximum Gasteiger partial charge on any atom is 0.312 e. The number of benzene rings is 2. The fourth-order valence-electron chi connectivity index (χ4n) is 2.53. The zero-order chi connectivity index (χ0) is 18.5. The summed E-state index contributed by atoms with van der Waals surface area (Å²) in [7, 11) is 0. The molecular formula is C20H20N2O4. The van der Waals surface area contributed by atoms with Gasteiger partial charge in [0.1, 0.15) is 5.69 Å². The van der Waals surface area contributed by atoms with Gasteiger partial charge < -0.3 is 14.6 Å². The topological polar surface area (TPSA) is 81.4 Å². The van der Waals surface area contributed by atoms with Gasteiger partial charge in [-0.3, -0.25) is 9.59 Å². The molecule has 1 atom stereocenters. The molecule has 2 aromatic carbocycles. The Hall–Kier alpha value is -3.15. The average Bonchev–Trinajstić information content (AvgIpc) is 3.04. The minimum absolute atomic E-state index is 0.0490. The third kappa shape index (κ3) is 4.27. The molecule has 1 aromatic heterocycles. The highest BCUT2D eigenvalue weighted by Crippen LogP contribution is 2.18. The van der Waals surface area contributed by atoms with Crippen molar-refractivity contribution in [2.45, 2.75) is 32.9 Å². The van der Waals surface area contributed by atoms with E-state index in [1.54, 1.807) is 13.0 Å². The quantitative estimate of drug-likeness (QED) is 0.690. The Kier molecular flexibility index (Phi) is 5.31. The van der Waals surface area contributed by atoms with Gasteiger partial charge in [0.15, 0.2) is 11.7 Å². The number of carbonyl (C=O) groups is 2. The number of amides is 1. The molecule has 1 amide bonds. The summed E-state index contributed by atoms with van der Waals surface area (Å²) in [6, 6.07) is 15.1. The number of hydrogen-bond donors (Lipinski definition) is 1. The van der Waals surface area contributed by atoms with Crippen molar-refractivity contribution in [2.75, 3.05) is 0 Å². The molecule has 0 saturated heterocycles. The van der Waals surface area contributed by atoms with Crippen molar-refractivity contribution in [3.63, 3.8) is 0 Å². The summed E-state index contributed by atoms with van der Waals surface area (Å²) in [5.41, 5.74) is 3.25. The monoisotopic (exact) mass is 352 g/mol. The smallest absolute Gasteiger partial charge is 0.312 e. The van der Waals surface area contributed by atoms with Crippen molar-refractivity contribution < 1.29 is 18.8 Å². The molecule has 0 saturated carbocycles. The van der Waals surface area contributed by atoms with Gasteiger partial charge in [-0.15, -0.1) is 0 Å². The summed E-state index contributed by atoms with van der Waals surface area (Å²) < 4.78 is 10.4. The van der Waals surface area contributed by atoms with Crippen LogP contribution in [0.2, 0.25) is 0 Å². The minimum Gasteiger partial charge on any atom is -0.452 e. The molecule has 1 N–H and O–H groups in total. The van der Waals surface area contributed by atoms with E-state index in [2.05, 4.69) is 10.5 Å². The van der Waals surface area contributed by atoms with Gasteiger partial charge in [0.2, 0.25) is 0 Å². The summed E-state index contributed by atoms with van der Waals surface area (Å²) in [6.45, 7) is 3.93. The number of carbonyl (C=O) groups excluding carboxylic acids is 2. The molecule has 26 heavy (non-hydrogen) atoms. The Bertz CT molecular complexity index is 915. The van der Waals surface area contributed by atoms with Crippen LogP contribution < -0.4 is 5.32 Å². The van der Waals surface area contributed by atoms with E-state index in [9.17, 15) is 9.59 Å². The number of para-hydroxylation sites is 1. The lowest BCUT2D eigenvalue weighted by molar-refractivity contribution is -0.154. The number of rotatable bonds is 6. The van der Waals surface area contributed by atoms with Crippen molar-refractivity contribution in [3.05, 3.63) is 65.4 Å². The second-order valence-electron chi connectivity index (χ2n) is 6.14. The van der Waals surface area contributed by atoms with Gasteiger partial charge in [0, 0.05) is 11.9 Å². The molecule has 3 rings (SSSR count). The number of aromatic nitrogens is 1. The molecule has 1 heterocycles. The predicted octanol–water partition coefficient (Wildman–Crippen LogP) is 2.93. The summed E-state index contributed by atoms with van der Waals surface area (Å²) in [5.74, 6) is -0.869. The van der Waals surface area contributed by atoms with Crippen LogP contribution in [0.15, 0.2) is 53.1 Å². The summed E-state index contributed by atoms with van der Waals surface area (Å²) >= 11 is 0. The Balaban J connectivity index is 1.51. The molecule has 0 radical (unpaired) electrons. The van der Waals surface area contributed by atoms with Crippen molar-refractivity contribution in [2.24, 2.45) is 0 Å². The van der Waals surface area contributed by atoms with Crippen LogP contribution >= 0.6 is 0 Å². The fraction of sp³-hybridized carbons (Fsp3) is 0.250. The van der Waals surface area contributed by atoms with Crippen molar-refractivity contribution >= 4 is 22.8 Å². The highest BCUT2D eigenvalue weighted by molar-refractivity contribution is 5.86. The molecule has 6 nitrogen and oxygen atoms in total. The first kappa shape index (κ1) is 17.7. The fourth-order valence-corrected chi connectivity index (χ4v) is 2.53. The molecular weight excluding hydrogens is 332 g/mol. The van der Waals surface area contributed by atoms with Crippen molar-refractivity contribution in [3.8, 4) is 0 Å². The largest absolute Gasteiger partial charge is 0.452 e. The summed E-state index contributed by atoms with van der Waals surface area (Å²) in [6.07, 6.45) is -0.932. The van der Waals surface area contributed by atoms with Crippen LogP contribution in [0.4, 0.5) is 0 Å². The maximum absolute atomic E-state index is 12.1. The first-order valence-corrected chi connectivity index (χ1v) is 8.39. The first-order chi connectivity index (χ1) is 12.5. The van der Waals surface area contributed by atoms with Gasteiger partial charge in [-0.25, -0.2) is 0 Å². The minimum atomic E-state index is -0.883. The number of fused-ring (bicyclic) bond motifs is 1. The highest BCUT2D eigenvalue weighted by Gasteiger charge is 2.19. The molecule has 0 fully saturated rings. The zero-order valence-corrected chi connectivity index (χ0v) is 14.7. The molecule has 0 bridgehead atoms. The number of aryl methyl sites for hydroxylation is 1. The van der Waals surface area contributed by atoms with Crippen LogP contribution in [0.5, 0.6) is 0 Å². The van der Waals surface area contributed by atoms with E-state index in [0.717, 1.165) is 16.5 Å². The van der Waals surface area contributed by atoms with E-state index in [4.69, 9.17) is 9.26 Å². The molecule has 0 unspecified atom stereocenters. The Morgan fingerprint density at radius 3 is 2.65 bits per heavy atom. The first-order valence-electron chi connectivity index (χ1n) is 8.39. The average molecular weight is 352 g/mol. The molecule has 6 heteroatoms. The lowest BCUT2D eigenvalue weighted by atomic mass is 10.1. The van der Waals surface area contributed by atoms with Crippen molar-refractivity contribution in [1.29, 1.82) is 0 Å². The normalized spacial score (nSPS) is 11.9. The van der Waals surface area contributed by atoms with Gasteiger partial charge in [0.25, 0.3) is 5.91 Å². The van der Waals surface area contributed by atoms with E-state index in [0.29, 0.717) is 17.8 Å². The predicted molar refractivity (Wildman–Crippen MR) is 96.3 cm³/mol. The molecule has 3 aromatic rings. The van der Waals surface area contributed by atoms with Crippen LogP contribution in [0.1, 0.15) is 23.7 Å². The van der Waals surface area contributed by atoms with E-state index >= 15 is 0 Å². The van der Waals surface area contributed by atoms with E-state index in [1.807, 2.05) is 49.4 Å². The molecule has 0 aliphatic heterocycles. The third-order valence-corrected chi connectivity index (χ3v) is 4.03. The van der Waals surface area contributed by atoms with Crippen LogP contribution in [0.3, 0.4) is 0 Å². The second kappa shape index (κ2) is 7.82. The van der Waals surface area contributed by atoms with Crippen LogP contribution in [0.25, 0.3) is 11.0 Å². The van der Waals surface area contributed by atoms with Gasteiger partial charge in [0.05, 0.1) is 6.42 Å². The van der Waals surface area contributed by atoms with Crippen LogP contribution in [-0.4, -0.2) is 23.1 Å². The lowest BCUT2D eigenvalue weighted by Crippen LogP contribution is -2.35. The second-order valence-corrected chi connectivity index (χ2v) is 6.14. The van der Waals surface area contributed by atoms with Gasteiger partial charge in [-0.2, -0.15) is 0 Å². The van der Waals surface area contributed by atoms with E-state index in [1.165, 1.54) is 0 Å². The van der Waals surface area contributed by atoms with Crippen LogP contribution in [-0.2, 0) is 27.3 Å². The zero-order valence-electron chi connectivity index (χ0n) is 14.7. The van der Waals surface area contributed by atoms with Crippen molar-refractivity contribution in [1.82, 2.24) is 10.5 Å². The summed E-state index contributed by atoms with van der Waals surface area (Å²) in [4.78, 5) is 24.2. The number of nitrogens with zero attached hydrogens (tertiary/aromatic N) is 1. The third-order valence-electron chi connectivity index (χ3n) is 4.03.